The SMILES string of the molecule is C#CCN(C(C)=NC#N)C1c2cc(C#N)ccc2OC(C)(C)C1O. The van der Waals surface area contributed by atoms with Gasteiger partial charge in [-0.3, -0.25) is 0 Å². The standard InChI is InChI=1S/C18H18N4O2/c1-5-8-22(12(2)21-11-20)16-14-9-13(10-19)6-7-15(14)24-18(3,4)17(16)23/h1,6-7,9,16-17,23H,8H2,2-4H3. The van der Waals surface area contributed by atoms with Gasteiger partial charge in [0.2, 0.25) is 6.19 Å². The van der Waals surface area contributed by atoms with E-state index in [4.69, 9.17) is 21.7 Å². The first-order chi connectivity index (χ1) is 11.4. The van der Waals surface area contributed by atoms with Gasteiger partial charge in [0, 0.05) is 5.56 Å². The van der Waals surface area contributed by atoms with Crippen molar-refractivity contribution in [2.45, 2.75) is 38.5 Å². The summed E-state index contributed by atoms with van der Waals surface area (Å²) in [5.41, 5.74) is 0.222. The van der Waals surface area contributed by atoms with E-state index in [9.17, 15) is 5.11 Å². The van der Waals surface area contributed by atoms with Gasteiger partial charge in [0.15, 0.2) is 0 Å². The van der Waals surface area contributed by atoms with Crippen molar-refractivity contribution in [1.82, 2.24) is 4.90 Å². The monoisotopic (exact) mass is 322 g/mol. The van der Waals surface area contributed by atoms with Gasteiger partial charge < -0.3 is 14.7 Å². The summed E-state index contributed by atoms with van der Waals surface area (Å²) in [6, 6.07) is 6.54. The van der Waals surface area contributed by atoms with Crippen molar-refractivity contribution in [2.24, 2.45) is 4.99 Å². The second-order valence-corrected chi connectivity index (χ2v) is 6.05. The predicted octanol–water partition coefficient (Wildman–Crippen LogP) is 1.97. The molecule has 122 valence electrons. The first-order valence-corrected chi connectivity index (χ1v) is 7.40. The van der Waals surface area contributed by atoms with Crippen LogP contribution in [0.5, 0.6) is 5.75 Å². The summed E-state index contributed by atoms with van der Waals surface area (Å²) >= 11 is 0. The van der Waals surface area contributed by atoms with Gasteiger partial charge in [-0.1, -0.05) is 5.92 Å². The van der Waals surface area contributed by atoms with Crippen LogP contribution in [0.3, 0.4) is 0 Å². The van der Waals surface area contributed by atoms with Crippen LogP contribution in [-0.4, -0.2) is 34.1 Å². The molecule has 0 saturated heterocycles. The number of fused-ring (bicyclic) bond motifs is 1. The Kier molecular flexibility index (Phi) is 4.79. The van der Waals surface area contributed by atoms with Gasteiger partial charge in [-0.15, -0.1) is 6.42 Å². The highest BCUT2D eigenvalue weighted by Gasteiger charge is 2.45. The van der Waals surface area contributed by atoms with Crippen molar-refractivity contribution in [2.75, 3.05) is 6.54 Å². The molecule has 1 aromatic rings. The average Bonchev–Trinajstić information content (AvgIpc) is 2.54. The summed E-state index contributed by atoms with van der Waals surface area (Å²) in [5.74, 6) is 3.49. The molecule has 0 spiro atoms. The number of terminal acetylenes is 1. The van der Waals surface area contributed by atoms with Crippen LogP contribution >= 0.6 is 0 Å². The summed E-state index contributed by atoms with van der Waals surface area (Å²) in [5, 5.41) is 28.9. The van der Waals surface area contributed by atoms with Crippen LogP contribution in [0.25, 0.3) is 0 Å². The van der Waals surface area contributed by atoms with Crippen LogP contribution in [0, 0.1) is 35.1 Å². The lowest BCUT2D eigenvalue weighted by atomic mass is 9.85. The average molecular weight is 322 g/mol. The van der Waals surface area contributed by atoms with E-state index in [0.29, 0.717) is 22.7 Å². The molecule has 24 heavy (non-hydrogen) atoms. The third-order valence-corrected chi connectivity index (χ3v) is 4.07. The fourth-order valence-corrected chi connectivity index (χ4v) is 2.82. The Morgan fingerprint density at radius 2 is 2.17 bits per heavy atom. The Labute approximate surface area is 141 Å². The summed E-state index contributed by atoms with van der Waals surface area (Å²) in [6.45, 7) is 5.36. The van der Waals surface area contributed by atoms with E-state index in [2.05, 4.69) is 17.0 Å². The number of rotatable bonds is 2. The maximum Gasteiger partial charge on any atom is 0.207 e. The molecule has 1 heterocycles. The molecule has 0 aromatic heterocycles. The number of ether oxygens (including phenoxy) is 1. The van der Waals surface area contributed by atoms with E-state index >= 15 is 0 Å². The Bertz CT molecular complexity index is 793. The van der Waals surface area contributed by atoms with Crippen LogP contribution in [0.4, 0.5) is 0 Å². The van der Waals surface area contributed by atoms with Crippen molar-refractivity contribution in [3.8, 4) is 30.4 Å². The quantitative estimate of drug-likeness (QED) is 0.389. The topological polar surface area (TPSA) is 92.6 Å². The zero-order valence-corrected chi connectivity index (χ0v) is 13.8. The fourth-order valence-electron chi connectivity index (χ4n) is 2.82. The van der Waals surface area contributed by atoms with Crippen LogP contribution < -0.4 is 4.74 Å². The van der Waals surface area contributed by atoms with Gasteiger partial charge in [0.05, 0.1) is 24.2 Å². The molecule has 0 saturated carbocycles. The van der Waals surface area contributed by atoms with Crippen molar-refractivity contribution < 1.29 is 9.84 Å². The number of aliphatic hydroxyl groups is 1. The molecule has 2 atom stereocenters. The zero-order chi connectivity index (χ0) is 17.9. The lowest BCUT2D eigenvalue weighted by molar-refractivity contribution is -0.0801. The fraction of sp³-hybridized carbons (Fsp3) is 0.389. The van der Waals surface area contributed by atoms with E-state index in [1.807, 2.05) is 0 Å². The molecule has 6 heteroatoms. The second-order valence-electron chi connectivity index (χ2n) is 6.05. The molecule has 1 aliphatic rings. The highest BCUT2D eigenvalue weighted by atomic mass is 16.5. The molecule has 0 bridgehead atoms. The normalized spacial score (nSPS) is 21.5. The molecular weight excluding hydrogens is 304 g/mol. The lowest BCUT2D eigenvalue weighted by Gasteiger charge is -2.46. The van der Waals surface area contributed by atoms with Crippen LogP contribution in [0.2, 0.25) is 0 Å². The number of aliphatic hydroxyl groups excluding tert-OH is 1. The number of aliphatic imine (C=N–C) groups is 1. The van der Waals surface area contributed by atoms with Gasteiger partial charge in [0.1, 0.15) is 23.3 Å². The number of amidine groups is 1. The van der Waals surface area contributed by atoms with Crippen molar-refractivity contribution in [1.29, 1.82) is 10.5 Å². The molecule has 1 aliphatic heterocycles. The molecule has 6 nitrogen and oxygen atoms in total. The van der Waals surface area contributed by atoms with Crippen molar-refractivity contribution >= 4 is 5.84 Å². The third-order valence-electron chi connectivity index (χ3n) is 4.07. The molecule has 0 fully saturated rings. The highest BCUT2D eigenvalue weighted by molar-refractivity contribution is 5.81. The molecule has 0 aliphatic carbocycles. The summed E-state index contributed by atoms with van der Waals surface area (Å²) in [4.78, 5) is 5.43. The smallest absolute Gasteiger partial charge is 0.207 e. The lowest BCUT2D eigenvalue weighted by Crippen LogP contribution is -2.54. The van der Waals surface area contributed by atoms with Gasteiger partial charge in [-0.2, -0.15) is 15.5 Å². The zero-order valence-electron chi connectivity index (χ0n) is 13.8. The van der Waals surface area contributed by atoms with E-state index in [0.717, 1.165) is 0 Å². The minimum atomic E-state index is -0.934. The van der Waals surface area contributed by atoms with Gasteiger partial charge in [-0.25, -0.2) is 0 Å². The van der Waals surface area contributed by atoms with Gasteiger partial charge >= 0.3 is 0 Å². The molecule has 2 unspecified atom stereocenters. The molecule has 0 radical (unpaired) electrons. The van der Waals surface area contributed by atoms with Crippen LogP contribution in [0.1, 0.15) is 37.9 Å². The van der Waals surface area contributed by atoms with Crippen molar-refractivity contribution in [3.63, 3.8) is 0 Å². The Morgan fingerprint density at radius 1 is 1.46 bits per heavy atom. The Morgan fingerprint density at radius 3 is 2.75 bits per heavy atom. The number of nitriles is 2. The Hall–Kier alpha value is -3.01. The van der Waals surface area contributed by atoms with Gasteiger partial charge in [-0.05, 0) is 39.0 Å². The second kappa shape index (κ2) is 6.62. The van der Waals surface area contributed by atoms with E-state index in [1.165, 1.54) is 0 Å². The first kappa shape index (κ1) is 17.3. The number of hydrogen-bond donors (Lipinski definition) is 1. The van der Waals surface area contributed by atoms with Crippen LogP contribution in [0.15, 0.2) is 23.2 Å². The summed E-state index contributed by atoms with van der Waals surface area (Å²) in [7, 11) is 0. The van der Waals surface area contributed by atoms with Crippen molar-refractivity contribution in [3.05, 3.63) is 29.3 Å². The minimum Gasteiger partial charge on any atom is -0.485 e. The molecular formula is C18H18N4O2. The number of hydrogen-bond acceptors (Lipinski definition) is 5. The van der Waals surface area contributed by atoms with Gasteiger partial charge in [0.25, 0.3) is 0 Å². The molecule has 0 amide bonds. The largest absolute Gasteiger partial charge is 0.485 e. The van der Waals surface area contributed by atoms with E-state index < -0.39 is 17.7 Å². The maximum atomic E-state index is 10.9. The number of nitrogens with zero attached hydrogens (tertiary/aromatic N) is 4. The number of benzene rings is 1. The highest BCUT2D eigenvalue weighted by Crippen LogP contribution is 2.43. The summed E-state index contributed by atoms with van der Waals surface area (Å²) < 4.78 is 5.89. The first-order valence-electron chi connectivity index (χ1n) is 7.40. The minimum absolute atomic E-state index is 0.158. The Balaban J connectivity index is 2.66. The van der Waals surface area contributed by atoms with E-state index in [1.54, 1.807) is 50.1 Å². The summed E-state index contributed by atoms with van der Waals surface area (Å²) in [6.07, 6.45) is 6.27. The molecule has 1 aromatic carbocycles. The molecule has 2 rings (SSSR count). The third kappa shape index (κ3) is 3.04. The predicted molar refractivity (Wildman–Crippen MR) is 88.9 cm³/mol. The maximum absolute atomic E-state index is 10.9. The van der Waals surface area contributed by atoms with E-state index in [-0.39, 0.29) is 6.54 Å². The molecule has 1 N–H and O–H groups in total. The van der Waals surface area contributed by atoms with Crippen LogP contribution in [-0.2, 0) is 0 Å².